The smallest absolute Gasteiger partial charge is 0.237 e. The highest BCUT2D eigenvalue weighted by Crippen LogP contribution is 2.15. The maximum absolute atomic E-state index is 11.4. The lowest BCUT2D eigenvalue weighted by Gasteiger charge is -2.28. The molecule has 1 unspecified atom stereocenters. The van der Waals surface area contributed by atoms with E-state index in [0.717, 1.165) is 13.1 Å². The van der Waals surface area contributed by atoms with E-state index >= 15 is 0 Å². The van der Waals surface area contributed by atoms with E-state index < -0.39 is 0 Å². The van der Waals surface area contributed by atoms with Crippen molar-refractivity contribution >= 4 is 17.2 Å². The highest BCUT2D eigenvalue weighted by atomic mass is 32.1. The van der Waals surface area contributed by atoms with E-state index in [9.17, 15) is 4.79 Å². The van der Waals surface area contributed by atoms with Gasteiger partial charge in [-0.15, -0.1) is 11.3 Å². The quantitative estimate of drug-likeness (QED) is 0.461. The Morgan fingerprint density at radius 3 is 2.71 bits per heavy atom. The fourth-order valence-electron chi connectivity index (χ4n) is 1.64. The molecule has 1 aromatic rings. The summed E-state index contributed by atoms with van der Waals surface area (Å²) in [6.45, 7) is 7.78. The highest BCUT2D eigenvalue weighted by Gasteiger charge is 2.18. The predicted molar refractivity (Wildman–Crippen MR) is 71.4 cm³/mol. The number of amides is 1. The minimum atomic E-state index is -0.109. The molecule has 1 heterocycles. The standard InChI is InChI=1S/C12H21N3OS/c1-9(2)15(7-10(3)12(16)14-13)8-11-5-4-6-17-11/h4-6,9-10H,7-8,13H2,1-3H3,(H,14,16). The molecular weight excluding hydrogens is 234 g/mol. The van der Waals surface area contributed by atoms with E-state index in [1.807, 2.05) is 6.92 Å². The molecule has 0 radical (unpaired) electrons. The van der Waals surface area contributed by atoms with Crippen molar-refractivity contribution in [3.05, 3.63) is 22.4 Å². The second-order valence-electron chi connectivity index (χ2n) is 4.51. The summed E-state index contributed by atoms with van der Waals surface area (Å²) in [6, 6.07) is 4.58. The molecule has 1 amide bonds. The molecule has 1 atom stereocenters. The van der Waals surface area contributed by atoms with Gasteiger partial charge in [0.05, 0.1) is 0 Å². The molecular formula is C12H21N3OS. The van der Waals surface area contributed by atoms with Crippen LogP contribution < -0.4 is 11.3 Å². The van der Waals surface area contributed by atoms with Gasteiger partial charge in [-0.25, -0.2) is 5.84 Å². The van der Waals surface area contributed by atoms with Gasteiger partial charge in [-0.05, 0) is 25.3 Å². The van der Waals surface area contributed by atoms with E-state index in [1.165, 1.54) is 4.88 Å². The van der Waals surface area contributed by atoms with Gasteiger partial charge in [0.25, 0.3) is 0 Å². The second kappa shape index (κ2) is 6.74. The number of hydrogen-bond donors (Lipinski definition) is 2. The average molecular weight is 255 g/mol. The molecule has 0 saturated heterocycles. The first-order valence-corrected chi connectivity index (χ1v) is 6.69. The Morgan fingerprint density at radius 2 is 2.24 bits per heavy atom. The van der Waals surface area contributed by atoms with E-state index in [-0.39, 0.29) is 11.8 Å². The van der Waals surface area contributed by atoms with E-state index in [4.69, 9.17) is 5.84 Å². The molecule has 4 nitrogen and oxygen atoms in total. The fourth-order valence-corrected chi connectivity index (χ4v) is 2.37. The molecule has 3 N–H and O–H groups in total. The molecule has 17 heavy (non-hydrogen) atoms. The number of hydrogen-bond acceptors (Lipinski definition) is 4. The Bertz CT molecular complexity index is 338. The van der Waals surface area contributed by atoms with Crippen molar-refractivity contribution < 1.29 is 4.79 Å². The highest BCUT2D eigenvalue weighted by molar-refractivity contribution is 7.09. The summed E-state index contributed by atoms with van der Waals surface area (Å²) in [5, 5.41) is 2.07. The van der Waals surface area contributed by atoms with Crippen LogP contribution >= 0.6 is 11.3 Å². The van der Waals surface area contributed by atoms with Gasteiger partial charge in [0.15, 0.2) is 0 Å². The molecule has 0 spiro atoms. The zero-order chi connectivity index (χ0) is 12.8. The molecule has 0 bridgehead atoms. The number of nitrogens with one attached hydrogen (secondary N) is 1. The van der Waals surface area contributed by atoms with Gasteiger partial charge in [0, 0.05) is 29.9 Å². The van der Waals surface area contributed by atoms with Crippen LogP contribution in [0.5, 0.6) is 0 Å². The maximum Gasteiger partial charge on any atom is 0.237 e. The SMILES string of the molecule is CC(CN(Cc1cccs1)C(C)C)C(=O)NN. The Kier molecular flexibility index (Phi) is 5.61. The zero-order valence-corrected chi connectivity index (χ0v) is 11.5. The summed E-state index contributed by atoms with van der Waals surface area (Å²) in [5.74, 6) is 4.94. The van der Waals surface area contributed by atoms with Crippen LogP contribution in [0.1, 0.15) is 25.6 Å². The monoisotopic (exact) mass is 255 g/mol. The Hall–Kier alpha value is -0.910. The molecule has 0 aliphatic carbocycles. The van der Waals surface area contributed by atoms with Crippen LogP contribution in [-0.4, -0.2) is 23.4 Å². The van der Waals surface area contributed by atoms with Crippen molar-refractivity contribution in [1.82, 2.24) is 10.3 Å². The number of thiophene rings is 1. The van der Waals surface area contributed by atoms with Gasteiger partial charge in [0.1, 0.15) is 0 Å². The Balaban J connectivity index is 2.57. The normalized spacial score (nSPS) is 13.1. The first kappa shape index (κ1) is 14.2. The number of hydrazine groups is 1. The lowest BCUT2D eigenvalue weighted by atomic mass is 10.1. The number of rotatable bonds is 6. The van der Waals surface area contributed by atoms with Crippen LogP contribution in [0.25, 0.3) is 0 Å². The summed E-state index contributed by atoms with van der Waals surface area (Å²) in [7, 11) is 0. The molecule has 0 fully saturated rings. The fraction of sp³-hybridized carbons (Fsp3) is 0.583. The molecule has 5 heteroatoms. The first-order valence-electron chi connectivity index (χ1n) is 5.81. The van der Waals surface area contributed by atoms with Crippen LogP contribution in [0, 0.1) is 5.92 Å². The average Bonchev–Trinajstić information content (AvgIpc) is 2.79. The van der Waals surface area contributed by atoms with Crippen LogP contribution in [0.2, 0.25) is 0 Å². The van der Waals surface area contributed by atoms with Gasteiger partial charge < -0.3 is 0 Å². The minimum absolute atomic E-state index is 0.0950. The lowest BCUT2D eigenvalue weighted by molar-refractivity contribution is -0.125. The van der Waals surface area contributed by atoms with Gasteiger partial charge in [-0.3, -0.25) is 15.1 Å². The van der Waals surface area contributed by atoms with Gasteiger partial charge in [-0.2, -0.15) is 0 Å². The van der Waals surface area contributed by atoms with Crippen LogP contribution in [0.4, 0.5) is 0 Å². The van der Waals surface area contributed by atoms with Gasteiger partial charge in [0.2, 0.25) is 5.91 Å². The topological polar surface area (TPSA) is 58.4 Å². The summed E-state index contributed by atoms with van der Waals surface area (Å²) in [5.41, 5.74) is 2.20. The summed E-state index contributed by atoms with van der Waals surface area (Å²) >= 11 is 1.74. The largest absolute Gasteiger partial charge is 0.295 e. The van der Waals surface area contributed by atoms with Crippen molar-refractivity contribution in [2.24, 2.45) is 11.8 Å². The lowest BCUT2D eigenvalue weighted by Crippen LogP contribution is -2.42. The Morgan fingerprint density at radius 1 is 1.53 bits per heavy atom. The number of carbonyl (C=O) groups excluding carboxylic acids is 1. The van der Waals surface area contributed by atoms with Crippen LogP contribution in [0.3, 0.4) is 0 Å². The predicted octanol–water partition coefficient (Wildman–Crippen LogP) is 1.58. The van der Waals surface area contributed by atoms with E-state index in [2.05, 4.69) is 41.7 Å². The summed E-state index contributed by atoms with van der Waals surface area (Å²) < 4.78 is 0. The third-order valence-corrected chi connectivity index (χ3v) is 3.63. The first-order chi connectivity index (χ1) is 8.04. The number of nitrogens with zero attached hydrogens (tertiary/aromatic N) is 1. The zero-order valence-electron chi connectivity index (χ0n) is 10.6. The number of carbonyl (C=O) groups is 1. The molecule has 1 aromatic heterocycles. The van der Waals surface area contributed by atoms with E-state index in [1.54, 1.807) is 11.3 Å². The molecule has 0 saturated carbocycles. The molecule has 1 rings (SSSR count). The minimum Gasteiger partial charge on any atom is -0.295 e. The Labute approximate surface area is 107 Å². The molecule has 0 aromatic carbocycles. The maximum atomic E-state index is 11.4. The third kappa shape index (κ3) is 4.46. The number of nitrogens with two attached hydrogens (primary N) is 1. The van der Waals surface area contributed by atoms with Crippen molar-refractivity contribution in [1.29, 1.82) is 0 Å². The van der Waals surface area contributed by atoms with Crippen LogP contribution in [-0.2, 0) is 11.3 Å². The van der Waals surface area contributed by atoms with Crippen molar-refractivity contribution in [2.75, 3.05) is 6.54 Å². The second-order valence-corrected chi connectivity index (χ2v) is 5.54. The van der Waals surface area contributed by atoms with Crippen molar-refractivity contribution in [2.45, 2.75) is 33.4 Å². The summed E-state index contributed by atoms with van der Waals surface area (Å²) in [6.07, 6.45) is 0. The molecule has 0 aliphatic rings. The van der Waals surface area contributed by atoms with Gasteiger partial charge in [-0.1, -0.05) is 13.0 Å². The van der Waals surface area contributed by atoms with Crippen molar-refractivity contribution in [3.8, 4) is 0 Å². The van der Waals surface area contributed by atoms with Crippen LogP contribution in [0.15, 0.2) is 17.5 Å². The third-order valence-electron chi connectivity index (χ3n) is 2.77. The summed E-state index contributed by atoms with van der Waals surface area (Å²) in [4.78, 5) is 15.0. The van der Waals surface area contributed by atoms with Gasteiger partial charge >= 0.3 is 0 Å². The molecule has 0 aliphatic heterocycles. The molecule has 96 valence electrons. The van der Waals surface area contributed by atoms with E-state index in [0.29, 0.717) is 6.04 Å². The van der Waals surface area contributed by atoms with Crippen molar-refractivity contribution in [3.63, 3.8) is 0 Å².